The van der Waals surface area contributed by atoms with E-state index in [2.05, 4.69) is 10.3 Å². The Kier molecular flexibility index (Phi) is 4.89. The SMILES string of the molecule is Cc1cnc(NC(CN)C2CCCCC2)c([N+](=O)[O-])c1. The van der Waals surface area contributed by atoms with E-state index in [9.17, 15) is 10.1 Å². The average molecular weight is 278 g/mol. The third kappa shape index (κ3) is 3.45. The summed E-state index contributed by atoms with van der Waals surface area (Å²) in [4.78, 5) is 14.9. The van der Waals surface area contributed by atoms with Gasteiger partial charge in [-0.1, -0.05) is 19.3 Å². The Morgan fingerprint density at radius 3 is 2.80 bits per heavy atom. The molecule has 0 bridgehead atoms. The van der Waals surface area contributed by atoms with Crippen molar-refractivity contribution in [2.45, 2.75) is 45.1 Å². The maximum atomic E-state index is 11.1. The van der Waals surface area contributed by atoms with Crippen LogP contribution in [-0.2, 0) is 0 Å². The van der Waals surface area contributed by atoms with Gasteiger partial charge in [0.2, 0.25) is 5.82 Å². The number of hydrogen-bond donors (Lipinski definition) is 2. The number of pyridine rings is 1. The fourth-order valence-electron chi connectivity index (χ4n) is 2.89. The Morgan fingerprint density at radius 2 is 2.20 bits per heavy atom. The molecule has 6 nitrogen and oxygen atoms in total. The van der Waals surface area contributed by atoms with E-state index in [0.29, 0.717) is 18.3 Å². The van der Waals surface area contributed by atoms with Crippen LogP contribution in [0.25, 0.3) is 0 Å². The van der Waals surface area contributed by atoms with Gasteiger partial charge in [-0.25, -0.2) is 4.98 Å². The quantitative estimate of drug-likeness (QED) is 0.637. The van der Waals surface area contributed by atoms with Gasteiger partial charge >= 0.3 is 5.69 Å². The van der Waals surface area contributed by atoms with E-state index in [1.54, 1.807) is 19.2 Å². The Balaban J connectivity index is 2.16. The Labute approximate surface area is 118 Å². The molecule has 0 amide bonds. The molecule has 1 aliphatic rings. The van der Waals surface area contributed by atoms with Gasteiger partial charge in [-0.15, -0.1) is 0 Å². The van der Waals surface area contributed by atoms with E-state index < -0.39 is 4.92 Å². The molecule has 0 aliphatic heterocycles. The van der Waals surface area contributed by atoms with Crippen molar-refractivity contribution in [2.75, 3.05) is 11.9 Å². The summed E-state index contributed by atoms with van der Waals surface area (Å²) in [7, 11) is 0. The lowest BCUT2D eigenvalue weighted by molar-refractivity contribution is -0.384. The maximum absolute atomic E-state index is 11.1. The van der Waals surface area contributed by atoms with Crippen LogP contribution in [-0.4, -0.2) is 22.5 Å². The zero-order valence-electron chi connectivity index (χ0n) is 11.8. The normalized spacial score (nSPS) is 17.7. The second kappa shape index (κ2) is 6.65. The highest BCUT2D eigenvalue weighted by Crippen LogP contribution is 2.30. The first kappa shape index (κ1) is 14.7. The van der Waals surface area contributed by atoms with E-state index in [1.807, 2.05) is 0 Å². The number of nitrogens with two attached hydrogens (primary N) is 1. The number of rotatable bonds is 5. The van der Waals surface area contributed by atoms with Crippen LogP contribution in [0.2, 0.25) is 0 Å². The van der Waals surface area contributed by atoms with Gasteiger partial charge in [0.05, 0.1) is 4.92 Å². The molecule has 0 radical (unpaired) electrons. The molecule has 1 unspecified atom stereocenters. The Morgan fingerprint density at radius 1 is 1.50 bits per heavy atom. The van der Waals surface area contributed by atoms with Gasteiger partial charge < -0.3 is 11.1 Å². The number of aromatic nitrogens is 1. The molecular weight excluding hydrogens is 256 g/mol. The highest BCUT2D eigenvalue weighted by molar-refractivity contribution is 5.57. The fourth-order valence-corrected chi connectivity index (χ4v) is 2.89. The van der Waals surface area contributed by atoms with Gasteiger partial charge in [-0.3, -0.25) is 10.1 Å². The summed E-state index contributed by atoms with van der Waals surface area (Å²) in [5.41, 5.74) is 6.66. The van der Waals surface area contributed by atoms with Crippen molar-refractivity contribution in [2.24, 2.45) is 11.7 Å². The van der Waals surface area contributed by atoms with Crippen molar-refractivity contribution in [3.63, 3.8) is 0 Å². The van der Waals surface area contributed by atoms with E-state index in [4.69, 9.17) is 5.73 Å². The van der Waals surface area contributed by atoms with E-state index in [1.165, 1.54) is 19.3 Å². The highest BCUT2D eigenvalue weighted by Gasteiger charge is 2.25. The summed E-state index contributed by atoms with van der Waals surface area (Å²) in [6.07, 6.45) is 7.61. The molecule has 0 saturated heterocycles. The fraction of sp³-hybridized carbons (Fsp3) is 0.643. The smallest absolute Gasteiger partial charge is 0.311 e. The predicted molar refractivity (Wildman–Crippen MR) is 78.7 cm³/mol. The summed E-state index contributed by atoms with van der Waals surface area (Å²) in [6.45, 7) is 2.27. The summed E-state index contributed by atoms with van der Waals surface area (Å²) < 4.78 is 0. The van der Waals surface area contributed by atoms with E-state index >= 15 is 0 Å². The number of nitrogens with zero attached hydrogens (tertiary/aromatic N) is 2. The lowest BCUT2D eigenvalue weighted by Crippen LogP contribution is -2.37. The second-order valence-corrected chi connectivity index (χ2v) is 5.52. The van der Waals surface area contributed by atoms with Gasteiger partial charge in [-0.05, 0) is 31.2 Å². The summed E-state index contributed by atoms with van der Waals surface area (Å²) in [6, 6.07) is 1.60. The monoisotopic (exact) mass is 278 g/mol. The van der Waals surface area contributed by atoms with Crippen LogP contribution in [0.4, 0.5) is 11.5 Å². The number of nitrogens with one attached hydrogen (secondary N) is 1. The van der Waals surface area contributed by atoms with E-state index in [0.717, 1.165) is 18.4 Å². The second-order valence-electron chi connectivity index (χ2n) is 5.52. The standard InChI is InChI=1S/C14H22N4O2/c1-10-7-13(18(19)20)14(16-9-10)17-12(8-15)11-5-3-2-4-6-11/h7,9,11-12H,2-6,8,15H2,1H3,(H,16,17). The first-order valence-electron chi connectivity index (χ1n) is 7.19. The first-order chi connectivity index (χ1) is 9.61. The van der Waals surface area contributed by atoms with Crippen molar-refractivity contribution in [1.82, 2.24) is 4.98 Å². The summed E-state index contributed by atoms with van der Waals surface area (Å²) >= 11 is 0. The lowest BCUT2D eigenvalue weighted by Gasteiger charge is -2.30. The molecule has 0 aromatic carbocycles. The number of anilines is 1. The van der Waals surface area contributed by atoms with Crippen molar-refractivity contribution in [3.05, 3.63) is 27.9 Å². The molecule has 0 spiro atoms. The zero-order valence-corrected chi connectivity index (χ0v) is 11.8. The molecular formula is C14H22N4O2. The topological polar surface area (TPSA) is 94.1 Å². The van der Waals surface area contributed by atoms with Crippen LogP contribution in [0.15, 0.2) is 12.3 Å². The number of aryl methyl sites for hydroxylation is 1. The molecule has 20 heavy (non-hydrogen) atoms. The molecule has 110 valence electrons. The maximum Gasteiger partial charge on any atom is 0.311 e. The largest absolute Gasteiger partial charge is 0.360 e. The average Bonchev–Trinajstić information content (AvgIpc) is 2.46. The molecule has 6 heteroatoms. The number of hydrogen-bond acceptors (Lipinski definition) is 5. The Bertz CT molecular complexity index is 472. The summed E-state index contributed by atoms with van der Waals surface area (Å²) in [5.74, 6) is 0.818. The van der Waals surface area contributed by atoms with Crippen LogP contribution in [0.3, 0.4) is 0 Å². The third-order valence-corrected chi connectivity index (χ3v) is 4.00. The van der Waals surface area contributed by atoms with Crippen molar-refractivity contribution >= 4 is 11.5 Å². The van der Waals surface area contributed by atoms with Gasteiger partial charge in [0, 0.05) is 24.8 Å². The molecule has 1 aliphatic carbocycles. The lowest BCUT2D eigenvalue weighted by atomic mass is 9.84. The molecule has 1 fully saturated rings. The molecule has 1 aromatic heterocycles. The van der Waals surface area contributed by atoms with Gasteiger partial charge in [0.25, 0.3) is 0 Å². The van der Waals surface area contributed by atoms with Gasteiger partial charge in [0.1, 0.15) is 0 Å². The predicted octanol–water partition coefficient (Wildman–Crippen LogP) is 2.62. The number of nitro groups is 1. The highest BCUT2D eigenvalue weighted by atomic mass is 16.6. The van der Waals surface area contributed by atoms with Crippen LogP contribution in [0, 0.1) is 23.0 Å². The van der Waals surface area contributed by atoms with Gasteiger partial charge in [-0.2, -0.15) is 0 Å². The third-order valence-electron chi connectivity index (χ3n) is 4.00. The van der Waals surface area contributed by atoms with Crippen LogP contribution < -0.4 is 11.1 Å². The minimum Gasteiger partial charge on any atom is -0.360 e. The molecule has 1 aromatic rings. The minimum absolute atomic E-state index is 0.0271. The molecule has 1 heterocycles. The van der Waals surface area contributed by atoms with E-state index in [-0.39, 0.29) is 11.7 Å². The first-order valence-corrected chi connectivity index (χ1v) is 7.19. The molecule has 2 rings (SSSR count). The zero-order chi connectivity index (χ0) is 14.5. The van der Waals surface area contributed by atoms with Gasteiger partial charge in [0.15, 0.2) is 0 Å². The van der Waals surface area contributed by atoms with Crippen LogP contribution >= 0.6 is 0 Å². The van der Waals surface area contributed by atoms with Crippen molar-refractivity contribution < 1.29 is 4.92 Å². The molecule has 1 atom stereocenters. The minimum atomic E-state index is -0.392. The van der Waals surface area contributed by atoms with Crippen molar-refractivity contribution in [1.29, 1.82) is 0 Å². The summed E-state index contributed by atoms with van der Waals surface area (Å²) in [5, 5.41) is 14.3. The van der Waals surface area contributed by atoms with Crippen molar-refractivity contribution in [3.8, 4) is 0 Å². The molecule has 1 saturated carbocycles. The van der Waals surface area contributed by atoms with Crippen LogP contribution in [0.5, 0.6) is 0 Å². The Hall–Kier alpha value is -1.69. The van der Waals surface area contributed by atoms with Crippen LogP contribution in [0.1, 0.15) is 37.7 Å². The molecule has 3 N–H and O–H groups in total.